The summed E-state index contributed by atoms with van der Waals surface area (Å²) in [5.74, 6) is -2.00. The Bertz CT molecular complexity index is 1650. The fraction of sp³-hybridized carbons (Fsp3) is 0.838. The van der Waals surface area contributed by atoms with E-state index in [-0.39, 0.29) is 32.2 Å². The number of carboxylic acids is 1. The van der Waals surface area contributed by atoms with Crippen LogP contribution < -0.4 is 0 Å². The van der Waals surface area contributed by atoms with Gasteiger partial charge < -0.3 is 28.5 Å². The van der Waals surface area contributed by atoms with E-state index in [0.717, 1.165) is 77.0 Å². The maximum absolute atomic E-state index is 12.9. The molecule has 9 heteroatoms. The maximum Gasteiger partial charge on any atom is 0.361 e. The first kappa shape index (κ1) is 86.0. The zero-order chi connectivity index (χ0) is 64.7. The summed E-state index contributed by atoms with van der Waals surface area (Å²) in [5.41, 5.74) is 0. The molecule has 1 N–H and O–H groups in total. The van der Waals surface area contributed by atoms with E-state index in [1.165, 1.54) is 263 Å². The standard InChI is InChI=1S/C80H147NO8/c1-6-8-10-12-14-16-18-20-22-24-26-28-30-31-32-33-34-35-36-37-38-39-40-41-42-43-44-45-46-47-49-50-52-54-56-58-60-62-64-66-68-70-77(82)87-74-76(75-88-80(79(84)85)86-73-72-81(3,4)5)89-78(83)71-69-67-65-63-61-59-57-55-53-51-48-29-27-25-23-21-19-17-15-13-11-9-7-2/h9,11,15,17,21,23,27,29,51,53,76,80H,6-8,10,12-14,16,18-20,22,24-26,28,30-50,52,54-75H2,1-5H3/p+1/b11-9-,17-15-,23-21-,29-27-,53-51-. The van der Waals surface area contributed by atoms with E-state index in [2.05, 4.69) is 74.6 Å². The van der Waals surface area contributed by atoms with Crippen molar-refractivity contribution < 1.29 is 42.9 Å². The van der Waals surface area contributed by atoms with E-state index in [9.17, 15) is 19.5 Å². The molecular formula is C80H148NO8+. The Kier molecular flexibility index (Phi) is 68.5. The molecule has 0 aromatic rings. The minimum Gasteiger partial charge on any atom is -0.477 e. The molecule has 0 aromatic heterocycles. The Morgan fingerprint density at radius 1 is 0.348 bits per heavy atom. The van der Waals surface area contributed by atoms with Gasteiger partial charge in [0.2, 0.25) is 0 Å². The number of carbonyl (C=O) groups is 3. The topological polar surface area (TPSA) is 108 Å². The van der Waals surface area contributed by atoms with Gasteiger partial charge >= 0.3 is 17.9 Å². The van der Waals surface area contributed by atoms with E-state index in [1.54, 1.807) is 0 Å². The van der Waals surface area contributed by atoms with Crippen molar-refractivity contribution in [3.8, 4) is 0 Å². The van der Waals surface area contributed by atoms with E-state index in [0.29, 0.717) is 23.9 Å². The van der Waals surface area contributed by atoms with Crippen LogP contribution in [0.3, 0.4) is 0 Å². The summed E-state index contributed by atoms with van der Waals surface area (Å²) in [7, 11) is 5.98. The second kappa shape index (κ2) is 70.9. The molecule has 9 nitrogen and oxygen atoms in total. The molecule has 0 spiro atoms. The largest absolute Gasteiger partial charge is 0.477 e. The number of quaternary nitrogens is 1. The van der Waals surface area contributed by atoms with Crippen molar-refractivity contribution in [3.63, 3.8) is 0 Å². The van der Waals surface area contributed by atoms with E-state index in [4.69, 9.17) is 18.9 Å². The monoisotopic (exact) mass is 1250 g/mol. The number of carboxylic acid groups (broad SMARTS) is 1. The Morgan fingerprint density at radius 3 is 0.955 bits per heavy atom. The second-order valence-corrected chi connectivity index (χ2v) is 27.3. The third-order valence-corrected chi connectivity index (χ3v) is 17.3. The van der Waals surface area contributed by atoms with Gasteiger partial charge in [0.25, 0.3) is 6.29 Å². The number of ether oxygens (including phenoxy) is 4. The summed E-state index contributed by atoms with van der Waals surface area (Å²) < 4.78 is 23.0. The molecule has 2 unspecified atom stereocenters. The molecule has 0 heterocycles. The highest BCUT2D eigenvalue weighted by Crippen LogP contribution is 2.20. The summed E-state index contributed by atoms with van der Waals surface area (Å²) in [6, 6.07) is 0. The first-order valence-electron chi connectivity index (χ1n) is 38.5. The van der Waals surface area contributed by atoms with Gasteiger partial charge in [0.1, 0.15) is 13.2 Å². The van der Waals surface area contributed by atoms with Gasteiger partial charge in [-0.15, -0.1) is 0 Å². The number of unbranched alkanes of at least 4 members (excludes halogenated alkanes) is 47. The maximum atomic E-state index is 12.9. The molecule has 89 heavy (non-hydrogen) atoms. The van der Waals surface area contributed by atoms with Gasteiger partial charge in [0.15, 0.2) is 6.10 Å². The highest BCUT2D eigenvalue weighted by atomic mass is 16.7. The molecule has 0 saturated carbocycles. The molecule has 0 saturated heterocycles. The Labute approximate surface area is 552 Å². The number of aliphatic carboxylic acids is 1. The Balaban J connectivity index is 3.94. The van der Waals surface area contributed by atoms with E-state index in [1.807, 2.05) is 21.1 Å². The number of esters is 2. The van der Waals surface area contributed by atoms with Crippen molar-refractivity contribution in [3.05, 3.63) is 60.8 Å². The minimum absolute atomic E-state index is 0.185. The van der Waals surface area contributed by atoms with Gasteiger partial charge in [-0.3, -0.25) is 9.59 Å². The molecule has 0 aliphatic heterocycles. The minimum atomic E-state index is -1.52. The highest BCUT2D eigenvalue weighted by Gasteiger charge is 2.25. The SMILES string of the molecule is CC/C=C\C/C=C\C/C=C\C/C=C\C/C=C\CCCCCCCCCC(=O)OC(COC(=O)CCCCCCCCCCCCCCCCCCCCCCCCCCCCCCCCCCCCCCCCCCC)COC(OCC[N+](C)(C)C)C(=O)O. The Hall–Kier alpha value is -3.01. The van der Waals surface area contributed by atoms with Crippen molar-refractivity contribution in [2.24, 2.45) is 0 Å². The van der Waals surface area contributed by atoms with Crippen LogP contribution in [0.5, 0.6) is 0 Å². The zero-order valence-corrected chi connectivity index (χ0v) is 59.6. The first-order valence-corrected chi connectivity index (χ1v) is 38.5. The van der Waals surface area contributed by atoms with Crippen LogP contribution in [-0.4, -0.2) is 87.4 Å². The summed E-state index contributed by atoms with van der Waals surface area (Å²) >= 11 is 0. The normalized spacial score (nSPS) is 13.0. The lowest BCUT2D eigenvalue weighted by Crippen LogP contribution is -2.40. The fourth-order valence-corrected chi connectivity index (χ4v) is 11.5. The van der Waals surface area contributed by atoms with Crippen molar-refractivity contribution in [2.45, 2.75) is 386 Å². The average molecular weight is 1250 g/mol. The molecule has 0 amide bonds. The number of allylic oxidation sites excluding steroid dienone is 10. The first-order chi connectivity index (χ1) is 43.6. The number of rotatable bonds is 72. The van der Waals surface area contributed by atoms with Crippen molar-refractivity contribution in [1.29, 1.82) is 0 Å². The third-order valence-electron chi connectivity index (χ3n) is 17.3. The molecule has 0 aliphatic carbocycles. The molecule has 0 fully saturated rings. The lowest BCUT2D eigenvalue weighted by atomic mass is 10.0. The molecule has 0 bridgehead atoms. The summed E-state index contributed by atoms with van der Waals surface area (Å²) in [5, 5.41) is 9.75. The van der Waals surface area contributed by atoms with Crippen LogP contribution in [0.15, 0.2) is 60.8 Å². The fourth-order valence-electron chi connectivity index (χ4n) is 11.5. The average Bonchev–Trinajstić information content (AvgIpc) is 3.64. The van der Waals surface area contributed by atoms with Crippen LogP contribution in [0, 0.1) is 0 Å². The summed E-state index contributed by atoms with van der Waals surface area (Å²) in [6.07, 6.45) is 91.0. The number of likely N-dealkylation sites (N-methyl/N-ethyl adjacent to an activating group) is 1. The van der Waals surface area contributed by atoms with Crippen LogP contribution in [0.2, 0.25) is 0 Å². The van der Waals surface area contributed by atoms with Gasteiger partial charge in [-0.05, 0) is 57.8 Å². The van der Waals surface area contributed by atoms with Crippen LogP contribution in [-0.2, 0) is 33.3 Å². The second-order valence-electron chi connectivity index (χ2n) is 27.3. The predicted octanol–water partition coefficient (Wildman–Crippen LogP) is 24.3. The number of nitrogens with zero attached hydrogens (tertiary/aromatic N) is 1. The van der Waals surface area contributed by atoms with E-state index >= 15 is 0 Å². The van der Waals surface area contributed by atoms with Crippen LogP contribution in [0.1, 0.15) is 373 Å². The van der Waals surface area contributed by atoms with E-state index < -0.39 is 24.3 Å². The zero-order valence-electron chi connectivity index (χ0n) is 59.6. The van der Waals surface area contributed by atoms with Gasteiger partial charge in [0.05, 0.1) is 34.4 Å². The molecule has 520 valence electrons. The van der Waals surface area contributed by atoms with Crippen molar-refractivity contribution >= 4 is 17.9 Å². The summed E-state index contributed by atoms with van der Waals surface area (Å²) in [6.45, 7) is 4.80. The number of carbonyl (C=O) groups excluding carboxylic acids is 2. The van der Waals surface area contributed by atoms with Gasteiger partial charge in [-0.25, -0.2) is 4.79 Å². The van der Waals surface area contributed by atoms with Crippen LogP contribution in [0.25, 0.3) is 0 Å². The van der Waals surface area contributed by atoms with Crippen LogP contribution in [0.4, 0.5) is 0 Å². The quantitative estimate of drug-likeness (QED) is 0.0211. The third kappa shape index (κ3) is 72.3. The molecule has 0 rings (SSSR count). The lowest BCUT2D eigenvalue weighted by Gasteiger charge is -2.25. The van der Waals surface area contributed by atoms with Crippen molar-refractivity contribution in [2.75, 3.05) is 47.5 Å². The Morgan fingerprint density at radius 2 is 0.640 bits per heavy atom. The predicted molar refractivity (Wildman–Crippen MR) is 383 cm³/mol. The molecule has 2 atom stereocenters. The smallest absolute Gasteiger partial charge is 0.361 e. The number of hydrogen-bond acceptors (Lipinski definition) is 7. The van der Waals surface area contributed by atoms with Gasteiger partial charge in [-0.1, -0.05) is 364 Å². The molecule has 0 radical (unpaired) electrons. The van der Waals surface area contributed by atoms with Crippen LogP contribution >= 0.6 is 0 Å². The lowest BCUT2D eigenvalue weighted by molar-refractivity contribution is -0.870. The van der Waals surface area contributed by atoms with Gasteiger partial charge in [-0.2, -0.15) is 0 Å². The highest BCUT2D eigenvalue weighted by molar-refractivity contribution is 5.71. The van der Waals surface area contributed by atoms with Crippen molar-refractivity contribution in [1.82, 2.24) is 0 Å². The molecular weight excluding hydrogens is 1100 g/mol. The van der Waals surface area contributed by atoms with Gasteiger partial charge in [0, 0.05) is 12.8 Å². The number of hydrogen-bond donors (Lipinski definition) is 1. The summed E-state index contributed by atoms with van der Waals surface area (Å²) in [4.78, 5) is 37.6. The molecule has 0 aromatic carbocycles. The molecule has 0 aliphatic rings.